The van der Waals surface area contributed by atoms with Gasteiger partial charge in [0.05, 0.1) is 14.2 Å². The second kappa shape index (κ2) is 13.9. The number of nitrogens with one attached hydrogen (secondary N) is 1. The summed E-state index contributed by atoms with van der Waals surface area (Å²) in [5.74, 6) is 0.859. The van der Waals surface area contributed by atoms with Crippen LogP contribution in [0.2, 0.25) is 10.0 Å². The molecular formula is C25H32Cl2N2O5. The van der Waals surface area contributed by atoms with Crippen molar-refractivity contribution in [3.63, 3.8) is 0 Å². The first kappa shape index (κ1) is 27.6. The van der Waals surface area contributed by atoms with E-state index in [1.807, 2.05) is 13.8 Å². The number of nitrogens with zero attached hydrogens (tertiary/aromatic N) is 1. The highest BCUT2D eigenvalue weighted by atomic mass is 35.5. The molecular weight excluding hydrogens is 479 g/mol. The summed E-state index contributed by atoms with van der Waals surface area (Å²) >= 11 is 12.7. The van der Waals surface area contributed by atoms with Gasteiger partial charge in [-0.1, -0.05) is 49.5 Å². The first-order valence-electron chi connectivity index (χ1n) is 11.2. The fourth-order valence-electron chi connectivity index (χ4n) is 3.37. The zero-order valence-electron chi connectivity index (χ0n) is 20.0. The van der Waals surface area contributed by atoms with E-state index in [4.69, 9.17) is 37.4 Å². The van der Waals surface area contributed by atoms with Crippen LogP contribution >= 0.6 is 23.2 Å². The lowest BCUT2D eigenvalue weighted by atomic mass is 10.1. The van der Waals surface area contributed by atoms with Crippen molar-refractivity contribution in [1.82, 2.24) is 10.2 Å². The van der Waals surface area contributed by atoms with Crippen LogP contribution in [0.15, 0.2) is 36.4 Å². The Morgan fingerprint density at radius 1 is 1.00 bits per heavy atom. The first-order chi connectivity index (χ1) is 16.3. The van der Waals surface area contributed by atoms with Gasteiger partial charge in [-0.05, 0) is 25.0 Å². The van der Waals surface area contributed by atoms with Crippen LogP contribution in [0, 0.1) is 0 Å². The predicted octanol–water partition coefficient (Wildman–Crippen LogP) is 5.11. The Morgan fingerprint density at radius 2 is 1.59 bits per heavy atom. The van der Waals surface area contributed by atoms with Crippen LogP contribution in [-0.2, 0) is 16.1 Å². The number of amides is 2. The zero-order valence-corrected chi connectivity index (χ0v) is 21.5. The number of unbranched alkanes of at least 4 members (excludes halogenated alkanes) is 1. The number of methoxy groups -OCH3 is 2. The Hall–Kier alpha value is -2.64. The standard InChI is InChI=1S/C25H32Cl2N2O5/c1-5-7-11-28-25(31)23(6-2)29(15-20-21(26)9-8-10-22(20)27)24(30)16-34-19-13-17(32-3)12-18(14-19)33-4/h8-10,12-14,23H,5-7,11,15-16H2,1-4H3,(H,28,31)/t23-/m1/s1. The van der Waals surface area contributed by atoms with Crippen LogP contribution in [0.1, 0.15) is 38.7 Å². The van der Waals surface area contributed by atoms with Gasteiger partial charge in [0.15, 0.2) is 6.61 Å². The highest BCUT2D eigenvalue weighted by Crippen LogP contribution is 2.29. The fraction of sp³-hybridized carbons (Fsp3) is 0.440. The van der Waals surface area contributed by atoms with Crippen molar-refractivity contribution in [1.29, 1.82) is 0 Å². The quantitative estimate of drug-likeness (QED) is 0.378. The lowest BCUT2D eigenvalue weighted by Crippen LogP contribution is -2.50. The Kier molecular flexibility index (Phi) is 11.3. The molecule has 2 aromatic carbocycles. The average molecular weight is 511 g/mol. The van der Waals surface area contributed by atoms with Crippen LogP contribution in [-0.4, -0.2) is 50.1 Å². The molecule has 0 heterocycles. The molecule has 2 aromatic rings. The van der Waals surface area contributed by atoms with Gasteiger partial charge < -0.3 is 24.4 Å². The van der Waals surface area contributed by atoms with Gasteiger partial charge in [-0.2, -0.15) is 0 Å². The van der Waals surface area contributed by atoms with E-state index in [2.05, 4.69) is 5.32 Å². The van der Waals surface area contributed by atoms with Crippen molar-refractivity contribution < 1.29 is 23.8 Å². The van der Waals surface area contributed by atoms with Crippen molar-refractivity contribution in [2.45, 2.75) is 45.7 Å². The second-order valence-electron chi connectivity index (χ2n) is 7.63. The Balaban J connectivity index is 2.28. The predicted molar refractivity (Wildman–Crippen MR) is 134 cm³/mol. The van der Waals surface area contributed by atoms with Gasteiger partial charge in [-0.3, -0.25) is 9.59 Å². The molecule has 0 unspecified atom stereocenters. The van der Waals surface area contributed by atoms with E-state index in [1.165, 1.54) is 19.1 Å². The van der Waals surface area contributed by atoms with Crippen molar-refractivity contribution >= 4 is 35.0 Å². The fourth-order valence-corrected chi connectivity index (χ4v) is 3.89. The summed E-state index contributed by atoms with van der Waals surface area (Å²) in [5.41, 5.74) is 0.571. The van der Waals surface area contributed by atoms with Crippen molar-refractivity contribution in [2.75, 3.05) is 27.4 Å². The first-order valence-corrected chi connectivity index (χ1v) is 12.0. The summed E-state index contributed by atoms with van der Waals surface area (Å²) in [5, 5.41) is 3.76. The minimum absolute atomic E-state index is 0.0713. The summed E-state index contributed by atoms with van der Waals surface area (Å²) in [6.07, 6.45) is 2.22. The maximum absolute atomic E-state index is 13.4. The molecule has 34 heavy (non-hydrogen) atoms. The largest absolute Gasteiger partial charge is 0.496 e. The molecule has 0 aliphatic heterocycles. The zero-order chi connectivity index (χ0) is 25.1. The molecule has 0 bridgehead atoms. The van der Waals surface area contributed by atoms with Crippen molar-refractivity contribution in [3.05, 3.63) is 52.0 Å². The van der Waals surface area contributed by atoms with Crippen LogP contribution in [0.5, 0.6) is 17.2 Å². The van der Waals surface area contributed by atoms with Gasteiger partial charge in [-0.25, -0.2) is 0 Å². The maximum atomic E-state index is 13.4. The molecule has 0 fully saturated rings. The third-order valence-electron chi connectivity index (χ3n) is 5.29. The Labute approximate surface area is 211 Å². The van der Waals surface area contributed by atoms with Gasteiger partial charge >= 0.3 is 0 Å². The number of carbonyl (C=O) groups is 2. The Morgan fingerprint density at radius 3 is 2.12 bits per heavy atom. The molecule has 186 valence electrons. The number of rotatable bonds is 13. The van der Waals surface area contributed by atoms with E-state index in [9.17, 15) is 9.59 Å². The molecule has 9 heteroatoms. The molecule has 2 amide bonds. The van der Waals surface area contributed by atoms with Crippen molar-refractivity contribution in [3.8, 4) is 17.2 Å². The van der Waals surface area contributed by atoms with Crippen molar-refractivity contribution in [2.24, 2.45) is 0 Å². The summed E-state index contributed by atoms with van der Waals surface area (Å²) in [4.78, 5) is 27.8. The van der Waals surface area contributed by atoms with E-state index in [0.29, 0.717) is 45.8 Å². The summed E-state index contributed by atoms with van der Waals surface area (Å²) in [6.45, 7) is 4.22. The second-order valence-corrected chi connectivity index (χ2v) is 8.44. The van der Waals surface area contributed by atoms with Crippen LogP contribution in [0.4, 0.5) is 0 Å². The molecule has 1 atom stereocenters. The number of halogens is 2. The van der Waals surface area contributed by atoms with Gasteiger partial charge in [0, 0.05) is 46.9 Å². The Bertz CT molecular complexity index is 928. The normalized spacial score (nSPS) is 11.5. The summed E-state index contributed by atoms with van der Waals surface area (Å²) in [7, 11) is 3.06. The molecule has 0 saturated carbocycles. The molecule has 0 spiro atoms. The monoisotopic (exact) mass is 510 g/mol. The molecule has 0 radical (unpaired) electrons. The number of hydrogen-bond donors (Lipinski definition) is 1. The lowest BCUT2D eigenvalue weighted by Gasteiger charge is -2.31. The van der Waals surface area contributed by atoms with E-state index >= 15 is 0 Å². The topological polar surface area (TPSA) is 77.1 Å². The summed E-state index contributed by atoms with van der Waals surface area (Å²) < 4.78 is 16.3. The summed E-state index contributed by atoms with van der Waals surface area (Å²) in [6, 6.07) is 9.43. The average Bonchev–Trinajstić information content (AvgIpc) is 2.84. The highest BCUT2D eigenvalue weighted by Gasteiger charge is 2.30. The molecule has 0 aliphatic rings. The lowest BCUT2D eigenvalue weighted by molar-refractivity contribution is -0.143. The highest BCUT2D eigenvalue weighted by molar-refractivity contribution is 6.36. The van der Waals surface area contributed by atoms with Gasteiger partial charge in [0.1, 0.15) is 23.3 Å². The van der Waals surface area contributed by atoms with Gasteiger partial charge in [0.25, 0.3) is 5.91 Å². The van der Waals surface area contributed by atoms with Gasteiger partial charge in [-0.15, -0.1) is 0 Å². The third kappa shape index (κ3) is 7.71. The van der Waals surface area contributed by atoms with E-state index in [0.717, 1.165) is 12.8 Å². The minimum atomic E-state index is -0.708. The SMILES string of the molecule is CCCCNC(=O)[C@@H](CC)N(Cc1c(Cl)cccc1Cl)C(=O)COc1cc(OC)cc(OC)c1. The van der Waals surface area contributed by atoms with Crippen LogP contribution in [0.25, 0.3) is 0 Å². The number of carbonyl (C=O) groups excluding carboxylic acids is 2. The van der Waals surface area contributed by atoms with E-state index in [1.54, 1.807) is 36.4 Å². The molecule has 1 N–H and O–H groups in total. The molecule has 7 nitrogen and oxygen atoms in total. The van der Waals surface area contributed by atoms with E-state index in [-0.39, 0.29) is 25.0 Å². The minimum Gasteiger partial charge on any atom is -0.496 e. The molecule has 0 aromatic heterocycles. The number of hydrogen-bond acceptors (Lipinski definition) is 5. The third-order valence-corrected chi connectivity index (χ3v) is 6.00. The molecule has 0 aliphatic carbocycles. The maximum Gasteiger partial charge on any atom is 0.261 e. The molecule has 0 saturated heterocycles. The number of ether oxygens (including phenoxy) is 3. The smallest absolute Gasteiger partial charge is 0.261 e. The molecule has 2 rings (SSSR count). The van der Waals surface area contributed by atoms with Gasteiger partial charge in [0.2, 0.25) is 5.91 Å². The van der Waals surface area contributed by atoms with E-state index < -0.39 is 6.04 Å². The van der Waals surface area contributed by atoms with Crippen LogP contribution in [0.3, 0.4) is 0 Å². The van der Waals surface area contributed by atoms with Crippen LogP contribution < -0.4 is 19.5 Å². The number of benzene rings is 2.